The maximum absolute atomic E-state index is 9.99. The number of phenolic OH excluding ortho intramolecular Hbond substituents is 1. The number of anilines is 1. The lowest BCUT2D eigenvalue weighted by Crippen LogP contribution is -2.12. The first-order chi connectivity index (χ1) is 6.36. The normalized spacial score (nSPS) is 11.5. The second-order valence-corrected chi connectivity index (χ2v) is 4.71. The van der Waals surface area contributed by atoms with Crippen LogP contribution in [0.15, 0.2) is 12.1 Å². The molecule has 0 fully saturated rings. The van der Waals surface area contributed by atoms with Gasteiger partial charge in [0.15, 0.2) is 0 Å². The summed E-state index contributed by atoms with van der Waals surface area (Å²) >= 11 is 0. The molecule has 2 N–H and O–H groups in total. The first-order valence-corrected chi connectivity index (χ1v) is 4.88. The molecule has 14 heavy (non-hydrogen) atoms. The van der Waals surface area contributed by atoms with Crippen LogP contribution >= 0.6 is 0 Å². The molecule has 0 atom stereocenters. The van der Waals surface area contributed by atoms with E-state index in [0.717, 1.165) is 16.8 Å². The maximum atomic E-state index is 9.99. The van der Waals surface area contributed by atoms with Crippen LogP contribution in [-0.4, -0.2) is 12.2 Å². The summed E-state index contributed by atoms with van der Waals surface area (Å²) in [7, 11) is 1.82. The first kappa shape index (κ1) is 10.9. The predicted octanol–water partition coefficient (Wildman–Crippen LogP) is 3.04. The number of benzene rings is 1. The van der Waals surface area contributed by atoms with Crippen LogP contribution < -0.4 is 5.32 Å². The van der Waals surface area contributed by atoms with E-state index in [4.69, 9.17) is 0 Å². The van der Waals surface area contributed by atoms with Crippen molar-refractivity contribution in [2.45, 2.75) is 33.1 Å². The van der Waals surface area contributed by atoms with E-state index in [1.807, 2.05) is 26.1 Å². The second-order valence-electron chi connectivity index (χ2n) is 4.71. The van der Waals surface area contributed by atoms with Crippen molar-refractivity contribution in [2.24, 2.45) is 0 Å². The fraction of sp³-hybridized carbons (Fsp3) is 0.500. The molecule has 0 radical (unpaired) electrons. The van der Waals surface area contributed by atoms with Gasteiger partial charge in [-0.2, -0.15) is 0 Å². The number of hydrogen-bond donors (Lipinski definition) is 2. The lowest BCUT2D eigenvalue weighted by Gasteiger charge is -2.22. The monoisotopic (exact) mass is 193 g/mol. The third-order valence-corrected chi connectivity index (χ3v) is 2.33. The Kier molecular flexibility index (Phi) is 2.74. The molecule has 0 saturated carbocycles. The summed E-state index contributed by atoms with van der Waals surface area (Å²) in [5.41, 5.74) is 2.93. The van der Waals surface area contributed by atoms with Crippen molar-refractivity contribution in [1.29, 1.82) is 0 Å². The Labute approximate surface area is 86.0 Å². The van der Waals surface area contributed by atoms with E-state index in [0.29, 0.717) is 5.75 Å². The summed E-state index contributed by atoms with van der Waals surface area (Å²) in [5, 5.41) is 13.0. The minimum absolute atomic E-state index is 0.0261. The Bertz CT molecular complexity index is 337. The lowest BCUT2D eigenvalue weighted by molar-refractivity contribution is 0.448. The zero-order valence-electron chi connectivity index (χ0n) is 9.60. The smallest absolute Gasteiger partial charge is 0.142 e. The molecular weight excluding hydrogens is 174 g/mol. The van der Waals surface area contributed by atoms with Gasteiger partial charge in [0.25, 0.3) is 0 Å². The van der Waals surface area contributed by atoms with Crippen LogP contribution in [0.1, 0.15) is 31.9 Å². The van der Waals surface area contributed by atoms with E-state index in [-0.39, 0.29) is 5.41 Å². The van der Waals surface area contributed by atoms with Gasteiger partial charge >= 0.3 is 0 Å². The molecular formula is C12H19NO. The summed E-state index contributed by atoms with van der Waals surface area (Å²) in [6.07, 6.45) is 0. The molecule has 0 spiro atoms. The second kappa shape index (κ2) is 3.52. The Morgan fingerprint density at radius 1 is 1.21 bits per heavy atom. The summed E-state index contributed by atoms with van der Waals surface area (Å²) in [4.78, 5) is 0. The first-order valence-electron chi connectivity index (χ1n) is 4.88. The number of nitrogens with one attached hydrogen (secondary N) is 1. The third kappa shape index (κ3) is 2.00. The molecule has 0 unspecified atom stereocenters. The van der Waals surface area contributed by atoms with Gasteiger partial charge in [-0.15, -0.1) is 0 Å². The Morgan fingerprint density at radius 3 is 2.21 bits per heavy atom. The van der Waals surface area contributed by atoms with Crippen LogP contribution in [-0.2, 0) is 5.41 Å². The summed E-state index contributed by atoms with van der Waals surface area (Å²) < 4.78 is 0. The highest BCUT2D eigenvalue weighted by Crippen LogP contribution is 2.36. The molecule has 0 heterocycles. The molecule has 78 valence electrons. The van der Waals surface area contributed by atoms with Crippen molar-refractivity contribution in [3.05, 3.63) is 23.3 Å². The molecule has 2 heteroatoms. The van der Waals surface area contributed by atoms with Gasteiger partial charge in [0.1, 0.15) is 5.75 Å². The molecule has 0 aliphatic rings. The molecule has 0 saturated heterocycles. The fourth-order valence-corrected chi connectivity index (χ4v) is 1.54. The number of aromatic hydroxyl groups is 1. The van der Waals surface area contributed by atoms with Crippen LogP contribution in [0.3, 0.4) is 0 Å². The summed E-state index contributed by atoms with van der Waals surface area (Å²) in [6, 6.07) is 3.99. The van der Waals surface area contributed by atoms with Gasteiger partial charge in [-0.25, -0.2) is 0 Å². The van der Waals surface area contributed by atoms with Crippen LogP contribution in [0, 0.1) is 6.92 Å². The van der Waals surface area contributed by atoms with Crippen molar-refractivity contribution < 1.29 is 5.11 Å². The average Bonchev–Trinajstić information content (AvgIpc) is 2.06. The minimum Gasteiger partial charge on any atom is -0.505 e. The molecule has 0 aliphatic heterocycles. The van der Waals surface area contributed by atoms with Gasteiger partial charge in [-0.05, 0) is 24.0 Å². The molecule has 0 amide bonds. The van der Waals surface area contributed by atoms with Crippen LogP contribution in [0.2, 0.25) is 0 Å². The number of rotatable bonds is 1. The molecule has 1 aromatic rings. The highest BCUT2D eigenvalue weighted by molar-refractivity contribution is 5.62. The van der Waals surface area contributed by atoms with Gasteiger partial charge in [0.2, 0.25) is 0 Å². The average molecular weight is 193 g/mol. The van der Waals surface area contributed by atoms with Crippen molar-refractivity contribution in [1.82, 2.24) is 0 Å². The van der Waals surface area contributed by atoms with E-state index in [2.05, 4.69) is 26.1 Å². The van der Waals surface area contributed by atoms with Crippen LogP contribution in [0.5, 0.6) is 5.75 Å². The minimum atomic E-state index is -0.0261. The third-order valence-electron chi connectivity index (χ3n) is 2.33. The van der Waals surface area contributed by atoms with Gasteiger partial charge in [-0.1, -0.05) is 26.8 Å². The lowest BCUT2D eigenvalue weighted by atomic mass is 9.85. The Morgan fingerprint density at radius 2 is 1.79 bits per heavy atom. The van der Waals surface area contributed by atoms with Gasteiger partial charge in [-0.3, -0.25) is 0 Å². The highest BCUT2D eigenvalue weighted by atomic mass is 16.3. The van der Waals surface area contributed by atoms with Crippen molar-refractivity contribution in [3.8, 4) is 5.75 Å². The van der Waals surface area contributed by atoms with Crippen molar-refractivity contribution in [2.75, 3.05) is 12.4 Å². The molecule has 0 aromatic heterocycles. The van der Waals surface area contributed by atoms with Crippen molar-refractivity contribution >= 4 is 5.69 Å². The van der Waals surface area contributed by atoms with E-state index >= 15 is 0 Å². The number of phenols is 1. The van der Waals surface area contributed by atoms with Gasteiger partial charge in [0, 0.05) is 12.6 Å². The zero-order chi connectivity index (χ0) is 10.9. The summed E-state index contributed by atoms with van der Waals surface area (Å²) in [6.45, 7) is 8.33. The molecule has 2 nitrogen and oxygen atoms in total. The van der Waals surface area contributed by atoms with Crippen LogP contribution in [0.25, 0.3) is 0 Å². The Balaban J connectivity index is 3.37. The Hall–Kier alpha value is -1.18. The topological polar surface area (TPSA) is 32.3 Å². The zero-order valence-corrected chi connectivity index (χ0v) is 9.60. The standard InChI is InChI=1S/C12H19NO/c1-8-6-9(12(2,3)4)11(14)10(7-8)13-5/h6-7,13-14H,1-5H3. The summed E-state index contributed by atoms with van der Waals surface area (Å²) in [5.74, 6) is 0.366. The maximum Gasteiger partial charge on any atom is 0.142 e. The van der Waals surface area contributed by atoms with E-state index < -0.39 is 0 Å². The predicted molar refractivity (Wildman–Crippen MR) is 61.1 cm³/mol. The van der Waals surface area contributed by atoms with E-state index in [9.17, 15) is 5.11 Å². The van der Waals surface area contributed by atoms with E-state index in [1.165, 1.54) is 0 Å². The number of aryl methyl sites for hydroxylation is 1. The quantitative estimate of drug-likeness (QED) is 0.672. The highest BCUT2D eigenvalue weighted by Gasteiger charge is 2.20. The molecule has 1 rings (SSSR count). The molecule has 0 bridgehead atoms. The van der Waals surface area contributed by atoms with Crippen molar-refractivity contribution in [3.63, 3.8) is 0 Å². The van der Waals surface area contributed by atoms with Gasteiger partial charge in [0.05, 0.1) is 5.69 Å². The fourth-order valence-electron chi connectivity index (χ4n) is 1.54. The molecule has 0 aliphatic carbocycles. The SMILES string of the molecule is CNc1cc(C)cc(C(C)(C)C)c1O. The van der Waals surface area contributed by atoms with E-state index in [1.54, 1.807) is 0 Å². The van der Waals surface area contributed by atoms with Crippen LogP contribution in [0.4, 0.5) is 5.69 Å². The largest absolute Gasteiger partial charge is 0.505 e. The number of hydrogen-bond acceptors (Lipinski definition) is 2. The molecule has 1 aromatic carbocycles. The van der Waals surface area contributed by atoms with Gasteiger partial charge < -0.3 is 10.4 Å².